The summed E-state index contributed by atoms with van der Waals surface area (Å²) in [5, 5.41) is 4.25. The van der Waals surface area contributed by atoms with Crippen LogP contribution in [0.5, 0.6) is 5.75 Å². The minimum Gasteiger partial charge on any atom is -0.481 e. The minimum atomic E-state index is -0.731. The molecule has 0 saturated carbocycles. The number of hydrogen-bond acceptors (Lipinski definition) is 5. The third kappa shape index (κ3) is 4.59. The average molecular weight is 464 g/mol. The van der Waals surface area contributed by atoms with Gasteiger partial charge in [0, 0.05) is 34.5 Å². The largest absolute Gasteiger partial charge is 0.481 e. The average Bonchev–Trinajstić information content (AvgIpc) is 2.66. The Hall–Kier alpha value is -2.25. The van der Waals surface area contributed by atoms with Crippen LogP contribution in [0, 0.1) is 0 Å². The normalized spacial score (nSPS) is 12.6. The maximum absolute atomic E-state index is 12.8. The zero-order valence-corrected chi connectivity index (χ0v) is 18.1. The lowest BCUT2D eigenvalue weighted by Crippen LogP contribution is -2.48. The van der Waals surface area contributed by atoms with Gasteiger partial charge >= 0.3 is 0 Å². The Balaban J connectivity index is 1.80. The van der Waals surface area contributed by atoms with Crippen LogP contribution in [0.1, 0.15) is 33.0 Å². The van der Waals surface area contributed by atoms with Gasteiger partial charge in [-0.05, 0) is 54.4 Å². The van der Waals surface area contributed by atoms with Crippen molar-refractivity contribution in [1.29, 1.82) is 0 Å². The van der Waals surface area contributed by atoms with E-state index in [1.807, 2.05) is 32.9 Å². The zero-order chi connectivity index (χ0) is 20.3. The second kappa shape index (κ2) is 8.41. The number of hydrogen-bond donors (Lipinski definition) is 1. The highest BCUT2D eigenvalue weighted by Crippen LogP contribution is 2.30. The molecule has 8 heteroatoms. The van der Waals surface area contributed by atoms with Gasteiger partial charge in [0.05, 0.1) is 16.1 Å². The summed E-state index contributed by atoms with van der Waals surface area (Å²) in [7, 11) is 0. The molecule has 0 bridgehead atoms. The van der Waals surface area contributed by atoms with Gasteiger partial charge in [0.1, 0.15) is 5.75 Å². The smallest absolute Gasteiger partial charge is 0.261 e. The lowest BCUT2D eigenvalue weighted by Gasteiger charge is -2.27. The molecule has 0 aliphatic carbocycles. The zero-order valence-electron chi connectivity index (χ0n) is 15.7. The van der Waals surface area contributed by atoms with Gasteiger partial charge in [-0.25, -0.2) is 9.97 Å². The molecule has 1 N–H and O–H groups in total. The van der Waals surface area contributed by atoms with Crippen molar-refractivity contribution in [3.8, 4) is 5.75 Å². The first-order valence-corrected chi connectivity index (χ1v) is 9.98. The Morgan fingerprint density at radius 1 is 1.25 bits per heavy atom. The summed E-state index contributed by atoms with van der Waals surface area (Å²) in [6.45, 7) is 5.59. The highest BCUT2D eigenvalue weighted by atomic mass is 79.9. The van der Waals surface area contributed by atoms with Crippen LogP contribution >= 0.6 is 27.5 Å². The van der Waals surface area contributed by atoms with E-state index in [-0.39, 0.29) is 5.91 Å². The standard InChI is InChI=1S/C20H20BrClN4O2/c1-4-16(18(27)26-20(2,3)19-23-6-5-7-24-19)28-14-9-12-8-13(21)11-25-17(12)15(22)10-14/h5-11,16H,4H2,1-3H3,(H,26,27). The third-order valence-electron chi connectivity index (χ3n) is 4.18. The Kier molecular flexibility index (Phi) is 6.15. The number of halogens is 2. The fourth-order valence-corrected chi connectivity index (χ4v) is 3.39. The number of fused-ring (bicyclic) bond motifs is 1. The second-order valence-corrected chi connectivity index (χ2v) is 8.15. The van der Waals surface area contributed by atoms with Crippen LogP contribution in [0.25, 0.3) is 10.9 Å². The monoisotopic (exact) mass is 462 g/mol. The van der Waals surface area contributed by atoms with Crippen LogP contribution in [0.4, 0.5) is 0 Å². The molecule has 0 radical (unpaired) electrons. The predicted octanol–water partition coefficient (Wildman–Crippen LogP) is 4.65. The van der Waals surface area contributed by atoms with Crippen molar-refractivity contribution < 1.29 is 9.53 Å². The molecule has 1 aromatic carbocycles. The Bertz CT molecular complexity index is 998. The van der Waals surface area contributed by atoms with E-state index in [9.17, 15) is 4.79 Å². The van der Waals surface area contributed by atoms with Crippen LogP contribution in [0.3, 0.4) is 0 Å². The van der Waals surface area contributed by atoms with Crippen LogP contribution in [-0.4, -0.2) is 27.0 Å². The highest BCUT2D eigenvalue weighted by Gasteiger charge is 2.29. The van der Waals surface area contributed by atoms with E-state index in [1.54, 1.807) is 30.7 Å². The topological polar surface area (TPSA) is 77.0 Å². The van der Waals surface area contributed by atoms with Gasteiger partial charge < -0.3 is 10.1 Å². The predicted molar refractivity (Wildman–Crippen MR) is 112 cm³/mol. The molecular weight excluding hydrogens is 444 g/mol. The summed E-state index contributed by atoms with van der Waals surface area (Å²) in [6.07, 6.45) is 4.78. The number of amides is 1. The fourth-order valence-electron chi connectivity index (χ4n) is 2.77. The minimum absolute atomic E-state index is 0.247. The number of aromatic nitrogens is 3. The van der Waals surface area contributed by atoms with Crippen molar-refractivity contribution >= 4 is 44.3 Å². The Morgan fingerprint density at radius 2 is 1.96 bits per heavy atom. The molecule has 1 atom stereocenters. The highest BCUT2D eigenvalue weighted by molar-refractivity contribution is 9.10. The van der Waals surface area contributed by atoms with Gasteiger partial charge in [-0.15, -0.1) is 0 Å². The molecular formula is C20H20BrClN4O2. The van der Waals surface area contributed by atoms with Gasteiger partial charge in [0.25, 0.3) is 5.91 Å². The molecule has 3 rings (SSSR count). The molecule has 0 saturated heterocycles. The molecule has 3 aromatic rings. The molecule has 6 nitrogen and oxygen atoms in total. The summed E-state index contributed by atoms with van der Waals surface area (Å²) in [6, 6.07) is 7.13. The molecule has 1 unspecified atom stereocenters. The summed E-state index contributed by atoms with van der Waals surface area (Å²) >= 11 is 9.73. The Morgan fingerprint density at radius 3 is 2.64 bits per heavy atom. The number of nitrogens with zero attached hydrogens (tertiary/aromatic N) is 3. The van der Waals surface area contributed by atoms with Crippen molar-refractivity contribution in [2.24, 2.45) is 0 Å². The molecule has 2 aromatic heterocycles. The molecule has 28 heavy (non-hydrogen) atoms. The summed E-state index contributed by atoms with van der Waals surface area (Å²) < 4.78 is 6.79. The van der Waals surface area contributed by atoms with Gasteiger partial charge in [-0.1, -0.05) is 18.5 Å². The van der Waals surface area contributed by atoms with E-state index < -0.39 is 11.6 Å². The number of nitrogens with one attached hydrogen (secondary N) is 1. The van der Waals surface area contributed by atoms with Crippen LogP contribution in [-0.2, 0) is 10.3 Å². The summed E-state index contributed by atoms with van der Waals surface area (Å²) in [4.78, 5) is 25.6. The van der Waals surface area contributed by atoms with Crippen LogP contribution < -0.4 is 10.1 Å². The molecule has 146 valence electrons. The van der Waals surface area contributed by atoms with Crippen molar-refractivity contribution in [2.45, 2.75) is 38.8 Å². The van der Waals surface area contributed by atoms with Crippen molar-refractivity contribution in [3.05, 3.63) is 58.2 Å². The lowest BCUT2D eigenvalue weighted by atomic mass is 10.0. The van der Waals surface area contributed by atoms with E-state index in [1.165, 1.54) is 0 Å². The number of rotatable bonds is 6. The van der Waals surface area contributed by atoms with Gasteiger partial charge in [-0.3, -0.25) is 9.78 Å². The quantitative estimate of drug-likeness (QED) is 0.576. The first-order valence-electron chi connectivity index (χ1n) is 8.81. The van der Waals surface area contributed by atoms with E-state index in [4.69, 9.17) is 16.3 Å². The van der Waals surface area contributed by atoms with E-state index in [0.29, 0.717) is 28.5 Å². The number of carbonyl (C=O) groups is 1. The number of pyridine rings is 1. The Labute approximate surface area is 176 Å². The molecule has 0 spiro atoms. The summed E-state index contributed by atoms with van der Waals surface area (Å²) in [5.41, 5.74) is -0.0534. The number of benzene rings is 1. The molecule has 2 heterocycles. The van der Waals surface area contributed by atoms with Gasteiger partial charge in [0.15, 0.2) is 11.9 Å². The second-order valence-electron chi connectivity index (χ2n) is 6.83. The lowest BCUT2D eigenvalue weighted by molar-refractivity contribution is -0.130. The maximum atomic E-state index is 12.8. The van der Waals surface area contributed by atoms with Gasteiger partial charge in [0.2, 0.25) is 0 Å². The van der Waals surface area contributed by atoms with Crippen molar-refractivity contribution in [1.82, 2.24) is 20.3 Å². The van der Waals surface area contributed by atoms with E-state index in [2.05, 4.69) is 36.2 Å². The molecule has 0 aliphatic heterocycles. The van der Waals surface area contributed by atoms with E-state index in [0.717, 1.165) is 9.86 Å². The third-order valence-corrected chi connectivity index (χ3v) is 4.90. The van der Waals surface area contributed by atoms with Crippen molar-refractivity contribution in [3.63, 3.8) is 0 Å². The first kappa shape index (κ1) is 20.5. The molecule has 1 amide bonds. The van der Waals surface area contributed by atoms with Crippen molar-refractivity contribution in [2.75, 3.05) is 0 Å². The fraction of sp³-hybridized carbons (Fsp3) is 0.300. The number of carbonyl (C=O) groups excluding carboxylic acids is 1. The SMILES string of the molecule is CCC(Oc1cc(Cl)c2ncc(Br)cc2c1)C(=O)NC(C)(C)c1ncccn1. The molecule has 0 aliphatic rings. The number of ether oxygens (including phenoxy) is 1. The maximum Gasteiger partial charge on any atom is 0.261 e. The van der Waals surface area contributed by atoms with E-state index >= 15 is 0 Å². The molecule has 0 fully saturated rings. The first-order chi connectivity index (χ1) is 13.3. The van der Waals surface area contributed by atoms with Crippen LogP contribution in [0.15, 0.2) is 47.3 Å². The van der Waals surface area contributed by atoms with Crippen LogP contribution in [0.2, 0.25) is 5.02 Å². The van der Waals surface area contributed by atoms with Gasteiger partial charge in [-0.2, -0.15) is 0 Å². The summed E-state index contributed by atoms with van der Waals surface area (Å²) in [5.74, 6) is 0.791.